The third kappa shape index (κ3) is 2.99. The zero-order valence-electron chi connectivity index (χ0n) is 12.4. The quantitative estimate of drug-likeness (QED) is 0.675. The van der Waals surface area contributed by atoms with Crippen LogP contribution in [0.4, 0.5) is 5.95 Å². The molecule has 0 atom stereocenters. The van der Waals surface area contributed by atoms with E-state index in [9.17, 15) is 4.79 Å². The Kier molecular flexibility index (Phi) is 4.14. The second-order valence-corrected chi connectivity index (χ2v) is 6.27. The lowest BCUT2D eigenvalue weighted by Crippen LogP contribution is -2.17. The van der Waals surface area contributed by atoms with Gasteiger partial charge in [-0.3, -0.25) is 14.8 Å². The molecule has 0 spiro atoms. The third-order valence-corrected chi connectivity index (χ3v) is 4.55. The van der Waals surface area contributed by atoms with Gasteiger partial charge in [0, 0.05) is 26.2 Å². The molecule has 3 aromatic rings. The number of nitrogens with one attached hydrogen (secondary N) is 1. The number of anilines is 1. The first-order valence-corrected chi connectivity index (χ1v) is 8.03. The molecule has 6 nitrogen and oxygen atoms in total. The molecule has 0 radical (unpaired) electrons. The Hall–Kier alpha value is -1.90. The number of para-hydroxylation sites is 2. The van der Waals surface area contributed by atoms with Crippen molar-refractivity contribution in [2.75, 3.05) is 5.32 Å². The largest absolute Gasteiger partial charge is 0.313 e. The second kappa shape index (κ2) is 6.07. The molecule has 1 amide bonds. The first kappa shape index (κ1) is 15.0. The monoisotopic (exact) mass is 409 g/mol. The number of carbonyl (C=O) groups excluding carboxylic acids is 1. The average molecular weight is 409 g/mol. The Morgan fingerprint density at radius 2 is 2.14 bits per heavy atom. The molecule has 0 bridgehead atoms. The van der Waals surface area contributed by atoms with Crippen LogP contribution in [0.15, 0.2) is 30.5 Å². The van der Waals surface area contributed by atoms with Crippen LogP contribution in [0.5, 0.6) is 0 Å². The number of rotatable bonds is 4. The summed E-state index contributed by atoms with van der Waals surface area (Å²) in [4.78, 5) is 16.5. The smallest absolute Gasteiger partial charge is 0.228 e. The maximum Gasteiger partial charge on any atom is 0.228 e. The van der Waals surface area contributed by atoms with Crippen LogP contribution in [0, 0.1) is 10.5 Å². The van der Waals surface area contributed by atoms with Crippen LogP contribution >= 0.6 is 22.6 Å². The van der Waals surface area contributed by atoms with Crippen LogP contribution in [0.2, 0.25) is 0 Å². The van der Waals surface area contributed by atoms with Gasteiger partial charge in [0.2, 0.25) is 11.9 Å². The number of amides is 1. The molecule has 1 N–H and O–H groups in total. The summed E-state index contributed by atoms with van der Waals surface area (Å²) in [7, 11) is 1.89. The Labute approximate surface area is 141 Å². The summed E-state index contributed by atoms with van der Waals surface area (Å²) < 4.78 is 4.79. The van der Waals surface area contributed by atoms with Crippen LogP contribution in [-0.4, -0.2) is 25.2 Å². The Balaban J connectivity index is 1.66. The number of halogens is 1. The molecule has 2 heterocycles. The van der Waals surface area contributed by atoms with Crippen molar-refractivity contribution in [3.05, 3.63) is 39.7 Å². The SMILES string of the molecule is Cc1nn(CCC(=O)Nc2nc3ccccc3n2C)cc1I. The maximum absolute atomic E-state index is 12.1. The van der Waals surface area contributed by atoms with E-state index >= 15 is 0 Å². The summed E-state index contributed by atoms with van der Waals surface area (Å²) in [5.41, 5.74) is 2.85. The fourth-order valence-corrected chi connectivity index (χ4v) is 2.70. The number of aromatic nitrogens is 4. The van der Waals surface area contributed by atoms with Crippen molar-refractivity contribution in [1.29, 1.82) is 0 Å². The van der Waals surface area contributed by atoms with E-state index in [-0.39, 0.29) is 5.91 Å². The topological polar surface area (TPSA) is 64.7 Å². The summed E-state index contributed by atoms with van der Waals surface area (Å²) in [6.07, 6.45) is 2.30. The predicted octanol–water partition coefficient (Wildman–Crippen LogP) is 2.71. The highest BCUT2D eigenvalue weighted by molar-refractivity contribution is 14.1. The van der Waals surface area contributed by atoms with E-state index in [1.54, 1.807) is 4.68 Å². The minimum absolute atomic E-state index is 0.0680. The van der Waals surface area contributed by atoms with Gasteiger partial charge in [-0.1, -0.05) is 12.1 Å². The van der Waals surface area contributed by atoms with Crippen molar-refractivity contribution in [3.8, 4) is 0 Å². The summed E-state index contributed by atoms with van der Waals surface area (Å²) in [5.74, 6) is 0.499. The maximum atomic E-state index is 12.1. The highest BCUT2D eigenvalue weighted by Gasteiger charge is 2.11. The fraction of sp³-hybridized carbons (Fsp3) is 0.267. The molecule has 0 fully saturated rings. The molecule has 114 valence electrons. The van der Waals surface area contributed by atoms with Gasteiger partial charge in [-0.15, -0.1) is 0 Å². The molecule has 1 aromatic carbocycles. The fourth-order valence-electron chi connectivity index (χ4n) is 2.27. The first-order valence-electron chi connectivity index (χ1n) is 6.95. The van der Waals surface area contributed by atoms with E-state index in [1.165, 1.54) is 0 Å². The molecule has 7 heteroatoms. The molecule has 2 aromatic heterocycles. The molecule has 0 saturated heterocycles. The highest BCUT2D eigenvalue weighted by atomic mass is 127. The average Bonchev–Trinajstić information content (AvgIpc) is 2.98. The van der Waals surface area contributed by atoms with E-state index in [1.807, 2.05) is 49.0 Å². The van der Waals surface area contributed by atoms with Crippen molar-refractivity contribution < 1.29 is 4.79 Å². The van der Waals surface area contributed by atoms with Gasteiger partial charge in [0.15, 0.2) is 0 Å². The summed E-state index contributed by atoms with van der Waals surface area (Å²) in [6, 6.07) is 7.80. The van der Waals surface area contributed by atoms with Crippen LogP contribution in [0.1, 0.15) is 12.1 Å². The minimum atomic E-state index is -0.0680. The van der Waals surface area contributed by atoms with Gasteiger partial charge in [0.1, 0.15) is 0 Å². The molecule has 0 aliphatic heterocycles. The molecule has 0 aliphatic carbocycles. The van der Waals surface area contributed by atoms with Gasteiger partial charge in [-0.25, -0.2) is 4.98 Å². The number of hydrogen-bond donors (Lipinski definition) is 1. The van der Waals surface area contributed by atoms with Crippen LogP contribution in [0.25, 0.3) is 11.0 Å². The standard InChI is InChI=1S/C15H16IN5O/c1-10-11(16)9-21(19-10)8-7-14(22)18-15-17-12-5-3-4-6-13(12)20(15)2/h3-6,9H,7-8H2,1-2H3,(H,17,18,22). The number of fused-ring (bicyclic) bond motifs is 1. The normalized spacial score (nSPS) is 11.0. The van der Waals surface area contributed by atoms with Gasteiger partial charge in [0.25, 0.3) is 0 Å². The van der Waals surface area contributed by atoms with E-state index in [0.29, 0.717) is 18.9 Å². The molecular weight excluding hydrogens is 393 g/mol. The van der Waals surface area contributed by atoms with Crippen molar-refractivity contribution >= 4 is 45.5 Å². The lowest BCUT2D eigenvalue weighted by molar-refractivity contribution is -0.116. The Morgan fingerprint density at radius 1 is 1.36 bits per heavy atom. The lowest BCUT2D eigenvalue weighted by Gasteiger charge is -2.05. The van der Waals surface area contributed by atoms with Crippen LogP contribution in [0.3, 0.4) is 0 Å². The molecule has 0 unspecified atom stereocenters. The highest BCUT2D eigenvalue weighted by Crippen LogP contribution is 2.17. The van der Waals surface area contributed by atoms with Crippen molar-refractivity contribution in [1.82, 2.24) is 19.3 Å². The van der Waals surface area contributed by atoms with Gasteiger partial charge in [-0.2, -0.15) is 5.10 Å². The number of imidazole rings is 1. The van der Waals surface area contributed by atoms with E-state index in [4.69, 9.17) is 0 Å². The third-order valence-electron chi connectivity index (χ3n) is 3.49. The van der Waals surface area contributed by atoms with Gasteiger partial charge in [0.05, 0.1) is 20.3 Å². The number of aryl methyl sites for hydroxylation is 3. The number of nitrogens with zero attached hydrogens (tertiary/aromatic N) is 4. The Bertz CT molecular complexity index is 816. The second-order valence-electron chi connectivity index (χ2n) is 5.11. The number of carbonyl (C=O) groups is 1. The first-order chi connectivity index (χ1) is 10.5. The molecule has 3 rings (SSSR count). The summed E-state index contributed by atoms with van der Waals surface area (Å²) in [6.45, 7) is 2.51. The number of benzene rings is 1. The molecule has 22 heavy (non-hydrogen) atoms. The van der Waals surface area contributed by atoms with E-state index in [2.05, 4.69) is 38.0 Å². The molecular formula is C15H16IN5O. The van der Waals surface area contributed by atoms with E-state index in [0.717, 1.165) is 20.3 Å². The summed E-state index contributed by atoms with van der Waals surface area (Å²) >= 11 is 2.24. The molecule has 0 aliphatic rings. The van der Waals surface area contributed by atoms with Crippen molar-refractivity contribution in [3.63, 3.8) is 0 Å². The van der Waals surface area contributed by atoms with Crippen molar-refractivity contribution in [2.45, 2.75) is 19.9 Å². The molecule has 0 saturated carbocycles. The van der Waals surface area contributed by atoms with Crippen LogP contribution < -0.4 is 5.32 Å². The van der Waals surface area contributed by atoms with Crippen molar-refractivity contribution in [2.24, 2.45) is 7.05 Å². The van der Waals surface area contributed by atoms with Gasteiger partial charge in [-0.05, 0) is 41.6 Å². The zero-order chi connectivity index (χ0) is 15.7. The minimum Gasteiger partial charge on any atom is -0.313 e. The van der Waals surface area contributed by atoms with Gasteiger partial charge >= 0.3 is 0 Å². The summed E-state index contributed by atoms with van der Waals surface area (Å²) in [5, 5.41) is 7.21. The lowest BCUT2D eigenvalue weighted by atomic mass is 10.3. The predicted molar refractivity (Wildman–Crippen MR) is 93.6 cm³/mol. The van der Waals surface area contributed by atoms with E-state index < -0.39 is 0 Å². The number of hydrogen-bond acceptors (Lipinski definition) is 3. The van der Waals surface area contributed by atoms with Crippen LogP contribution in [-0.2, 0) is 18.4 Å². The van der Waals surface area contributed by atoms with Gasteiger partial charge < -0.3 is 4.57 Å². The zero-order valence-corrected chi connectivity index (χ0v) is 14.5. The Morgan fingerprint density at radius 3 is 2.82 bits per heavy atom.